The maximum atomic E-state index is 12.6. The average molecular weight is 545 g/mol. The zero-order valence-corrected chi connectivity index (χ0v) is 21.7. The fourth-order valence-electron chi connectivity index (χ4n) is 3.53. The van der Waals surface area contributed by atoms with E-state index in [4.69, 9.17) is 23.4 Å². The van der Waals surface area contributed by atoms with Gasteiger partial charge in [-0.05, 0) is 32.9 Å². The van der Waals surface area contributed by atoms with E-state index in [1.54, 1.807) is 20.8 Å². The Bertz CT molecular complexity index is 1460. The van der Waals surface area contributed by atoms with Gasteiger partial charge in [-0.15, -0.1) is 0 Å². The van der Waals surface area contributed by atoms with Gasteiger partial charge in [0.05, 0.1) is 20.6 Å². The van der Waals surface area contributed by atoms with Gasteiger partial charge in [0.1, 0.15) is 39.9 Å². The van der Waals surface area contributed by atoms with Crippen molar-refractivity contribution < 1.29 is 53.1 Å². The highest BCUT2D eigenvalue weighted by atomic mass is 16.6. The monoisotopic (exact) mass is 545 g/mol. The Morgan fingerprint density at radius 3 is 2.15 bits per heavy atom. The number of rotatable bonds is 8. The van der Waals surface area contributed by atoms with E-state index in [9.17, 15) is 34.5 Å². The Morgan fingerprint density at radius 2 is 1.62 bits per heavy atom. The summed E-state index contributed by atoms with van der Waals surface area (Å²) in [5.74, 6) is -3.45. The van der Waals surface area contributed by atoms with E-state index < -0.39 is 47.3 Å². The number of phenols is 2. The van der Waals surface area contributed by atoms with Crippen LogP contribution < -0.4 is 25.0 Å². The van der Waals surface area contributed by atoms with Crippen LogP contribution in [0.1, 0.15) is 27.2 Å². The molecule has 0 unspecified atom stereocenters. The number of carboxylic acids is 1. The summed E-state index contributed by atoms with van der Waals surface area (Å²) in [5.41, 5.74) is -1.29. The first-order chi connectivity index (χ1) is 18.2. The molecule has 0 saturated carbocycles. The van der Waals surface area contributed by atoms with E-state index >= 15 is 0 Å². The summed E-state index contributed by atoms with van der Waals surface area (Å²) in [7, 11) is 2.52. The molecular weight excluding hydrogens is 518 g/mol. The second-order valence-electron chi connectivity index (χ2n) is 9.24. The van der Waals surface area contributed by atoms with E-state index in [2.05, 4.69) is 5.32 Å². The molecule has 0 aliphatic carbocycles. The summed E-state index contributed by atoms with van der Waals surface area (Å²) < 4.78 is 26.7. The minimum absolute atomic E-state index is 0.00778. The van der Waals surface area contributed by atoms with Crippen LogP contribution in [0.25, 0.3) is 22.3 Å². The lowest BCUT2D eigenvalue weighted by atomic mass is 10.1. The van der Waals surface area contributed by atoms with E-state index in [0.29, 0.717) is 0 Å². The number of esters is 1. The number of phenolic OH excluding ortho intramolecular Hbond substituents is 2. The maximum absolute atomic E-state index is 12.6. The lowest BCUT2D eigenvalue weighted by Gasteiger charge is -2.21. The van der Waals surface area contributed by atoms with Gasteiger partial charge in [0.15, 0.2) is 16.9 Å². The number of aliphatic carboxylic acids is 1. The largest absolute Gasteiger partial charge is 0.508 e. The number of benzene rings is 2. The number of carbonyl (C=O) groups is 3. The van der Waals surface area contributed by atoms with Gasteiger partial charge in [-0.1, -0.05) is 0 Å². The van der Waals surface area contributed by atoms with E-state index in [1.165, 1.54) is 26.4 Å². The van der Waals surface area contributed by atoms with Crippen molar-refractivity contribution in [2.24, 2.45) is 0 Å². The third-order valence-corrected chi connectivity index (χ3v) is 5.12. The number of aromatic hydroxyl groups is 2. The minimum Gasteiger partial charge on any atom is -0.508 e. The van der Waals surface area contributed by atoms with Crippen LogP contribution in [0.4, 0.5) is 4.79 Å². The first-order valence-electron chi connectivity index (χ1n) is 11.4. The number of methoxy groups -OCH3 is 2. The summed E-state index contributed by atoms with van der Waals surface area (Å²) in [6.45, 7) is 4.84. The van der Waals surface area contributed by atoms with Crippen LogP contribution in [-0.4, -0.2) is 59.2 Å². The Kier molecular flexibility index (Phi) is 8.23. The van der Waals surface area contributed by atoms with Crippen LogP contribution in [0.3, 0.4) is 0 Å². The van der Waals surface area contributed by atoms with Gasteiger partial charge < -0.3 is 44.0 Å². The van der Waals surface area contributed by atoms with Crippen molar-refractivity contribution in [1.29, 1.82) is 0 Å². The quantitative estimate of drug-likeness (QED) is 0.303. The number of ether oxygens (including phenoxy) is 4. The number of fused-ring (bicyclic) bond motifs is 1. The van der Waals surface area contributed by atoms with Crippen molar-refractivity contribution in [1.82, 2.24) is 5.32 Å². The predicted molar refractivity (Wildman–Crippen MR) is 135 cm³/mol. The Morgan fingerprint density at radius 1 is 1.00 bits per heavy atom. The van der Waals surface area contributed by atoms with E-state index in [0.717, 1.165) is 18.2 Å². The van der Waals surface area contributed by atoms with Crippen molar-refractivity contribution in [2.75, 3.05) is 14.2 Å². The van der Waals surface area contributed by atoms with E-state index in [-0.39, 0.29) is 45.3 Å². The standard InChI is InChI=1S/C26H27NO12/c1-26(2,3)39-21(31)10-14(24(32)33)27-25(34)38-23-19(35-4)6-12(7-20(23)36-5)17-11-16(30)22-15(29)8-13(28)9-18(22)37-17/h6-9,11,14,28-29H,10H2,1-5H3,(H,27,34)(H,32,33)/t14-/m0/s1. The third-order valence-electron chi connectivity index (χ3n) is 5.12. The van der Waals surface area contributed by atoms with Crippen molar-refractivity contribution in [2.45, 2.75) is 38.8 Å². The minimum atomic E-state index is -1.65. The number of nitrogens with one attached hydrogen (secondary N) is 1. The molecule has 4 N–H and O–H groups in total. The summed E-state index contributed by atoms with van der Waals surface area (Å²) in [5, 5.41) is 31.2. The molecule has 0 fully saturated rings. The van der Waals surface area contributed by atoms with Crippen LogP contribution >= 0.6 is 0 Å². The normalized spacial score (nSPS) is 11.9. The lowest BCUT2D eigenvalue weighted by Crippen LogP contribution is -2.44. The number of carboxylic acid groups (broad SMARTS) is 1. The van der Waals surface area contributed by atoms with Gasteiger partial charge in [0, 0.05) is 23.8 Å². The zero-order valence-electron chi connectivity index (χ0n) is 21.7. The number of hydrogen-bond donors (Lipinski definition) is 4. The molecule has 39 heavy (non-hydrogen) atoms. The fraction of sp³-hybridized carbons (Fsp3) is 0.308. The van der Waals surface area contributed by atoms with Crippen LogP contribution in [0.5, 0.6) is 28.7 Å². The Balaban J connectivity index is 1.92. The topological polar surface area (TPSA) is 191 Å². The first-order valence-corrected chi connectivity index (χ1v) is 11.4. The second-order valence-corrected chi connectivity index (χ2v) is 9.24. The summed E-state index contributed by atoms with van der Waals surface area (Å²) >= 11 is 0. The fourth-order valence-corrected chi connectivity index (χ4v) is 3.53. The molecule has 1 atom stereocenters. The molecule has 0 spiro atoms. The molecule has 3 rings (SSSR count). The molecule has 13 nitrogen and oxygen atoms in total. The molecule has 0 saturated heterocycles. The zero-order chi connectivity index (χ0) is 29.1. The van der Waals surface area contributed by atoms with Gasteiger partial charge >= 0.3 is 18.0 Å². The van der Waals surface area contributed by atoms with Crippen molar-refractivity contribution in [3.8, 4) is 40.1 Å². The highest BCUT2D eigenvalue weighted by Gasteiger charge is 2.28. The molecule has 1 heterocycles. The molecule has 13 heteroatoms. The Hall–Kier alpha value is -4.94. The molecule has 208 valence electrons. The van der Waals surface area contributed by atoms with Gasteiger partial charge in [-0.25, -0.2) is 9.59 Å². The summed E-state index contributed by atoms with van der Waals surface area (Å²) in [6, 6.07) is 4.33. The Labute approximate surface area is 221 Å². The molecule has 1 amide bonds. The predicted octanol–water partition coefficient (Wildman–Crippen LogP) is 3.16. The van der Waals surface area contributed by atoms with Crippen LogP contribution in [0, 0.1) is 0 Å². The molecule has 1 aromatic heterocycles. The smallest absolute Gasteiger partial charge is 0.413 e. The second kappa shape index (κ2) is 11.2. The SMILES string of the molecule is COc1cc(-c2cc(=O)c3c(O)cc(O)cc3o2)cc(OC)c1OC(=O)N[C@@H](CC(=O)OC(C)(C)C)C(=O)O. The van der Waals surface area contributed by atoms with Crippen LogP contribution in [-0.2, 0) is 14.3 Å². The molecule has 0 aliphatic rings. The van der Waals surface area contributed by atoms with Crippen molar-refractivity contribution in [3.05, 3.63) is 40.6 Å². The first kappa shape index (κ1) is 28.6. The molecular formula is C26H27NO12. The van der Waals surface area contributed by atoms with Gasteiger partial charge in [-0.2, -0.15) is 0 Å². The van der Waals surface area contributed by atoms with Crippen LogP contribution in [0.2, 0.25) is 0 Å². The molecule has 0 bridgehead atoms. The van der Waals surface area contributed by atoms with Gasteiger partial charge in [-0.3, -0.25) is 9.59 Å². The molecule has 2 aromatic carbocycles. The van der Waals surface area contributed by atoms with Gasteiger partial charge in [0.2, 0.25) is 5.75 Å². The van der Waals surface area contributed by atoms with Crippen molar-refractivity contribution >= 4 is 29.0 Å². The van der Waals surface area contributed by atoms with E-state index in [1.807, 2.05) is 0 Å². The summed E-state index contributed by atoms with van der Waals surface area (Å²) in [4.78, 5) is 48.8. The van der Waals surface area contributed by atoms with Crippen molar-refractivity contribution in [3.63, 3.8) is 0 Å². The molecule has 0 radical (unpaired) electrons. The lowest BCUT2D eigenvalue weighted by molar-refractivity contribution is -0.158. The summed E-state index contributed by atoms with van der Waals surface area (Å²) in [6.07, 6.45) is -1.88. The van der Waals surface area contributed by atoms with Crippen LogP contribution in [0.15, 0.2) is 39.5 Å². The molecule has 0 aliphatic heterocycles. The highest BCUT2D eigenvalue weighted by molar-refractivity contribution is 5.87. The number of amides is 1. The molecule has 3 aromatic rings. The average Bonchev–Trinajstić information content (AvgIpc) is 2.81. The maximum Gasteiger partial charge on any atom is 0.413 e. The highest BCUT2D eigenvalue weighted by Crippen LogP contribution is 2.42. The number of carbonyl (C=O) groups excluding carboxylic acids is 2. The van der Waals surface area contributed by atoms with Gasteiger partial charge in [0.25, 0.3) is 0 Å². The third kappa shape index (κ3) is 6.89. The number of hydrogen-bond acceptors (Lipinski definition) is 11.